The molecule has 3 aliphatic rings. The molecule has 8 heteroatoms. The van der Waals surface area contributed by atoms with E-state index in [0.717, 1.165) is 37.3 Å². The molecule has 2 atom stereocenters. The van der Waals surface area contributed by atoms with Crippen LogP contribution < -0.4 is 9.80 Å². The summed E-state index contributed by atoms with van der Waals surface area (Å²) in [5, 5.41) is 9.39. The summed E-state index contributed by atoms with van der Waals surface area (Å²) in [6.45, 7) is 1.99. The zero-order valence-electron chi connectivity index (χ0n) is 13.2. The van der Waals surface area contributed by atoms with Gasteiger partial charge in [-0.25, -0.2) is 8.42 Å². The van der Waals surface area contributed by atoms with E-state index < -0.39 is 9.84 Å². The van der Waals surface area contributed by atoms with Gasteiger partial charge in [0.1, 0.15) is 0 Å². The van der Waals surface area contributed by atoms with Crippen molar-refractivity contribution in [2.75, 3.05) is 34.4 Å². The van der Waals surface area contributed by atoms with E-state index in [1.54, 1.807) is 0 Å². The molecule has 1 aromatic carbocycles. The van der Waals surface area contributed by atoms with Crippen LogP contribution >= 0.6 is 23.4 Å². The van der Waals surface area contributed by atoms with Gasteiger partial charge in [-0.1, -0.05) is 23.4 Å². The van der Waals surface area contributed by atoms with Crippen LogP contribution in [0.15, 0.2) is 18.2 Å². The maximum atomic E-state index is 12.0. The maximum absolute atomic E-state index is 12.0. The van der Waals surface area contributed by atoms with Gasteiger partial charge < -0.3 is 9.80 Å². The molecule has 1 N–H and O–H groups in total. The average molecular weight is 386 g/mol. The Bertz CT molecular complexity index is 778. The quantitative estimate of drug-likeness (QED) is 0.847. The topological polar surface area (TPSA) is 64.5 Å². The Labute approximate surface area is 151 Å². The predicted octanol–water partition coefficient (Wildman–Crippen LogP) is 2.98. The molecule has 3 saturated heterocycles. The number of nitrogens with zero attached hydrogens (tertiary/aromatic N) is 2. The lowest BCUT2D eigenvalue weighted by Gasteiger charge is -2.34. The van der Waals surface area contributed by atoms with Crippen LogP contribution in [-0.4, -0.2) is 49.5 Å². The van der Waals surface area contributed by atoms with E-state index in [9.17, 15) is 8.42 Å². The minimum Gasteiger partial charge on any atom is -0.370 e. The molecule has 5 nitrogen and oxygen atoms in total. The molecular formula is C16H20ClN3O2S2. The highest BCUT2D eigenvalue weighted by Gasteiger charge is 2.49. The van der Waals surface area contributed by atoms with E-state index in [1.165, 1.54) is 18.2 Å². The van der Waals surface area contributed by atoms with E-state index in [4.69, 9.17) is 17.0 Å². The van der Waals surface area contributed by atoms with Crippen LogP contribution in [0.1, 0.15) is 19.3 Å². The number of piperidine rings is 1. The number of hydrogen-bond donors (Lipinski definition) is 1. The van der Waals surface area contributed by atoms with Crippen LogP contribution in [-0.2, 0) is 9.84 Å². The van der Waals surface area contributed by atoms with Crippen molar-refractivity contribution in [3.63, 3.8) is 0 Å². The molecule has 0 radical (unpaired) electrons. The molecule has 0 spiro atoms. The first-order valence-electron chi connectivity index (χ1n) is 8.24. The normalized spacial score (nSPS) is 29.1. The predicted molar refractivity (Wildman–Crippen MR) is 102 cm³/mol. The second-order valence-corrected chi connectivity index (χ2v) is 10.5. The molecule has 0 saturated carbocycles. The Balaban J connectivity index is 1.75. The number of nitrogens with one attached hydrogen (secondary N) is 1. The largest absolute Gasteiger partial charge is 0.370 e. The number of thioether (sulfide) groups is 1. The number of anilines is 2. The highest BCUT2D eigenvalue weighted by Crippen LogP contribution is 2.44. The molecule has 3 fully saturated rings. The third kappa shape index (κ3) is 2.91. The molecule has 0 aromatic heterocycles. The smallest absolute Gasteiger partial charge is 0.161 e. The van der Waals surface area contributed by atoms with Crippen LogP contribution in [0.25, 0.3) is 0 Å². The first kappa shape index (κ1) is 16.5. The number of amidine groups is 1. The lowest BCUT2D eigenvalue weighted by atomic mass is 10.1. The van der Waals surface area contributed by atoms with E-state index in [1.807, 2.05) is 23.1 Å². The van der Waals surface area contributed by atoms with Gasteiger partial charge in [-0.15, -0.1) is 0 Å². The lowest BCUT2D eigenvalue weighted by Crippen LogP contribution is -2.39. The van der Waals surface area contributed by atoms with Crippen molar-refractivity contribution >= 4 is 49.7 Å². The third-order valence-electron chi connectivity index (χ3n) is 4.98. The maximum Gasteiger partial charge on any atom is 0.161 e. The molecule has 0 aliphatic carbocycles. The van der Waals surface area contributed by atoms with Crippen molar-refractivity contribution in [1.29, 1.82) is 5.41 Å². The van der Waals surface area contributed by atoms with Crippen molar-refractivity contribution in [3.8, 4) is 0 Å². The number of hydrogen-bond acceptors (Lipinski definition) is 5. The Morgan fingerprint density at radius 3 is 2.62 bits per heavy atom. The number of sulfone groups is 1. The summed E-state index contributed by atoms with van der Waals surface area (Å²) >= 11 is 7.61. The Morgan fingerprint density at radius 2 is 1.88 bits per heavy atom. The molecule has 4 rings (SSSR count). The molecule has 130 valence electrons. The van der Waals surface area contributed by atoms with E-state index >= 15 is 0 Å². The van der Waals surface area contributed by atoms with Crippen molar-refractivity contribution in [2.24, 2.45) is 0 Å². The molecule has 0 unspecified atom stereocenters. The Kier molecular flexibility index (Phi) is 4.21. The highest BCUT2D eigenvalue weighted by atomic mass is 35.5. The Hall–Kier alpha value is -0.920. The Morgan fingerprint density at radius 1 is 1.12 bits per heavy atom. The summed E-state index contributed by atoms with van der Waals surface area (Å²) < 4.78 is 24.1. The summed E-state index contributed by atoms with van der Waals surface area (Å²) in [7, 11) is -3.02. The first-order chi connectivity index (χ1) is 11.4. The van der Waals surface area contributed by atoms with Gasteiger partial charge in [0.15, 0.2) is 15.0 Å². The SMILES string of the molecule is N=C1S[C@H]2CS(=O)(=O)C[C@@H]2N1c1cc(Cl)ccc1N1CCCCC1. The highest BCUT2D eigenvalue weighted by molar-refractivity contribution is 8.15. The average Bonchev–Trinajstić information content (AvgIpc) is 2.97. The van der Waals surface area contributed by atoms with Crippen LogP contribution in [0.4, 0.5) is 11.4 Å². The first-order valence-corrected chi connectivity index (χ1v) is 11.3. The fourth-order valence-corrected chi connectivity index (χ4v) is 7.83. The number of halogens is 1. The van der Waals surface area contributed by atoms with Gasteiger partial charge in [0.25, 0.3) is 0 Å². The summed E-state index contributed by atoms with van der Waals surface area (Å²) in [5.74, 6) is 0.291. The van der Waals surface area contributed by atoms with E-state index in [-0.39, 0.29) is 22.8 Å². The minimum atomic E-state index is -3.02. The molecule has 24 heavy (non-hydrogen) atoms. The standard InChI is InChI=1S/C16H20ClN3O2S2/c17-11-4-5-12(19-6-2-1-3-7-19)13(8-11)20-14-9-24(21,22)10-15(14)23-16(20)18/h4-5,8,14-15,18H,1-3,6-7,9-10H2/t14-,15-/m0/s1. The summed E-state index contributed by atoms with van der Waals surface area (Å²) in [4.78, 5) is 4.24. The van der Waals surface area contributed by atoms with Crippen molar-refractivity contribution in [3.05, 3.63) is 23.2 Å². The van der Waals surface area contributed by atoms with Gasteiger partial charge in [0.05, 0.1) is 28.9 Å². The lowest BCUT2D eigenvalue weighted by molar-refractivity contribution is 0.577. The number of benzene rings is 1. The summed E-state index contributed by atoms with van der Waals surface area (Å²) in [6.07, 6.45) is 3.57. The summed E-state index contributed by atoms with van der Waals surface area (Å²) in [6, 6.07) is 5.62. The van der Waals surface area contributed by atoms with Crippen molar-refractivity contribution in [2.45, 2.75) is 30.6 Å². The fourth-order valence-electron chi connectivity index (χ4n) is 3.88. The molecular weight excluding hydrogens is 366 g/mol. The number of fused-ring (bicyclic) bond motifs is 1. The molecule has 0 bridgehead atoms. The second-order valence-electron chi connectivity index (χ2n) is 6.66. The fraction of sp³-hybridized carbons (Fsp3) is 0.562. The zero-order chi connectivity index (χ0) is 16.9. The number of rotatable bonds is 2. The van der Waals surface area contributed by atoms with Crippen molar-refractivity contribution < 1.29 is 8.42 Å². The van der Waals surface area contributed by atoms with Crippen LogP contribution in [0.2, 0.25) is 5.02 Å². The van der Waals surface area contributed by atoms with Gasteiger partial charge in [0, 0.05) is 23.4 Å². The monoisotopic (exact) mass is 385 g/mol. The van der Waals surface area contributed by atoms with Gasteiger partial charge in [-0.3, -0.25) is 5.41 Å². The van der Waals surface area contributed by atoms with Crippen LogP contribution in [0.5, 0.6) is 0 Å². The molecule has 0 amide bonds. The van der Waals surface area contributed by atoms with E-state index in [2.05, 4.69) is 4.90 Å². The summed E-state index contributed by atoms with van der Waals surface area (Å²) in [5.41, 5.74) is 1.95. The van der Waals surface area contributed by atoms with Crippen LogP contribution in [0.3, 0.4) is 0 Å². The minimum absolute atomic E-state index is 0.0457. The molecule has 1 aromatic rings. The van der Waals surface area contributed by atoms with Gasteiger partial charge >= 0.3 is 0 Å². The third-order valence-corrected chi connectivity index (χ3v) is 8.35. The van der Waals surface area contributed by atoms with Gasteiger partial charge in [0.2, 0.25) is 0 Å². The molecule has 3 heterocycles. The molecule has 3 aliphatic heterocycles. The van der Waals surface area contributed by atoms with Crippen LogP contribution in [0, 0.1) is 5.41 Å². The van der Waals surface area contributed by atoms with E-state index in [0.29, 0.717) is 10.2 Å². The van der Waals surface area contributed by atoms with Crippen molar-refractivity contribution in [1.82, 2.24) is 0 Å². The second kappa shape index (κ2) is 6.11. The zero-order valence-corrected chi connectivity index (χ0v) is 15.6. The van der Waals surface area contributed by atoms with Gasteiger partial charge in [-0.05, 0) is 37.5 Å². The van der Waals surface area contributed by atoms with Gasteiger partial charge in [-0.2, -0.15) is 0 Å².